The van der Waals surface area contributed by atoms with E-state index in [1.807, 2.05) is 0 Å². The van der Waals surface area contributed by atoms with Crippen LogP contribution >= 0.6 is 24.0 Å². The van der Waals surface area contributed by atoms with Crippen molar-refractivity contribution in [3.8, 4) is 0 Å². The lowest BCUT2D eigenvalue weighted by atomic mass is 9.91. The monoisotopic (exact) mass is 511 g/mol. The molecule has 27 heavy (non-hydrogen) atoms. The maximum Gasteiger partial charge on any atom is 0.194 e. The summed E-state index contributed by atoms with van der Waals surface area (Å²) in [6.45, 7) is 4.60. The Kier molecular flexibility index (Phi) is 7.69. The van der Waals surface area contributed by atoms with Crippen molar-refractivity contribution < 1.29 is 13.2 Å². The molecule has 1 aliphatic carbocycles. The average Bonchev–Trinajstić information content (AvgIpc) is 3.37. The third-order valence-corrected chi connectivity index (χ3v) is 8.51. The Bertz CT molecular complexity index is 616. The lowest BCUT2D eigenvalue weighted by Gasteiger charge is -2.26. The van der Waals surface area contributed by atoms with Gasteiger partial charge < -0.3 is 15.0 Å². The third kappa shape index (κ3) is 5.72. The normalized spacial score (nSPS) is 34.1. The molecule has 3 aliphatic heterocycles. The van der Waals surface area contributed by atoms with Crippen LogP contribution in [0.25, 0.3) is 0 Å². The zero-order valence-corrected chi connectivity index (χ0v) is 19.3. The first-order valence-electron chi connectivity index (χ1n) is 10.4. The first-order chi connectivity index (χ1) is 12.6. The molecule has 3 saturated heterocycles. The first kappa shape index (κ1) is 21.6. The maximum atomic E-state index is 11.7. The molecule has 1 N–H and O–H groups in total. The summed E-state index contributed by atoms with van der Waals surface area (Å²) in [6.07, 6.45) is 8.24. The van der Waals surface area contributed by atoms with E-state index in [4.69, 9.17) is 9.73 Å². The van der Waals surface area contributed by atoms with E-state index in [1.165, 1.54) is 38.5 Å². The van der Waals surface area contributed by atoms with Gasteiger partial charge >= 0.3 is 0 Å². The smallest absolute Gasteiger partial charge is 0.194 e. The average molecular weight is 511 g/mol. The van der Waals surface area contributed by atoms with Crippen LogP contribution in [0.4, 0.5) is 0 Å². The number of hydrogen-bond acceptors (Lipinski definition) is 4. The lowest BCUT2D eigenvalue weighted by Crippen LogP contribution is -2.45. The third-order valence-electron chi connectivity index (χ3n) is 6.67. The number of nitrogens with one attached hydrogen (secondary N) is 1. The highest BCUT2D eigenvalue weighted by atomic mass is 127. The van der Waals surface area contributed by atoms with Crippen molar-refractivity contribution in [2.75, 3.05) is 44.4 Å². The second kappa shape index (κ2) is 9.61. The largest absolute Gasteiger partial charge is 0.381 e. The van der Waals surface area contributed by atoms with Crippen LogP contribution < -0.4 is 5.32 Å². The molecule has 0 aromatic carbocycles. The molecular weight excluding hydrogens is 477 g/mol. The molecule has 0 spiro atoms. The number of ether oxygens (including phenoxy) is 1. The maximum absolute atomic E-state index is 11.7. The number of aliphatic imine (C=N–C) groups is 1. The summed E-state index contributed by atoms with van der Waals surface area (Å²) in [5, 5.41) is 3.71. The van der Waals surface area contributed by atoms with Crippen molar-refractivity contribution in [3.05, 3.63) is 0 Å². The van der Waals surface area contributed by atoms with E-state index in [2.05, 4.69) is 10.2 Å². The molecule has 0 aromatic rings. The van der Waals surface area contributed by atoms with Gasteiger partial charge in [-0.3, -0.25) is 4.99 Å². The minimum Gasteiger partial charge on any atom is -0.381 e. The molecule has 0 bridgehead atoms. The molecule has 8 heteroatoms. The molecule has 3 atom stereocenters. The molecule has 4 rings (SSSR count). The molecule has 4 aliphatic rings. The highest BCUT2D eigenvalue weighted by Gasteiger charge is 2.34. The standard InChI is InChI=1S/C19H33N3O3S.HI/c23-26(24)10-7-15(14-26)11-20-19(21-18-3-1-2-4-18)22-8-5-16(12-22)17-6-9-25-13-17;/h15-18H,1-14H2,(H,20,21);1H. The molecule has 0 amide bonds. The highest BCUT2D eigenvalue weighted by molar-refractivity contribution is 14.0. The summed E-state index contributed by atoms with van der Waals surface area (Å²) >= 11 is 0. The Morgan fingerprint density at radius 3 is 2.59 bits per heavy atom. The summed E-state index contributed by atoms with van der Waals surface area (Å²) < 4.78 is 29.0. The van der Waals surface area contributed by atoms with Gasteiger partial charge in [0, 0.05) is 38.9 Å². The quantitative estimate of drug-likeness (QED) is 0.357. The highest BCUT2D eigenvalue weighted by Crippen LogP contribution is 2.30. The second-order valence-corrected chi connectivity index (χ2v) is 10.9. The Balaban J connectivity index is 0.00000210. The number of sulfone groups is 1. The molecule has 0 aromatic heterocycles. The number of likely N-dealkylation sites (tertiary alicyclic amines) is 1. The summed E-state index contributed by atoms with van der Waals surface area (Å²) in [5.74, 6) is 3.29. The molecule has 156 valence electrons. The van der Waals surface area contributed by atoms with Gasteiger partial charge in [0.1, 0.15) is 0 Å². The van der Waals surface area contributed by atoms with Crippen LogP contribution in [0.5, 0.6) is 0 Å². The molecule has 3 unspecified atom stereocenters. The summed E-state index contributed by atoms with van der Waals surface area (Å²) in [4.78, 5) is 7.33. The summed E-state index contributed by atoms with van der Waals surface area (Å²) in [5.41, 5.74) is 0. The lowest BCUT2D eigenvalue weighted by molar-refractivity contribution is 0.173. The van der Waals surface area contributed by atoms with E-state index in [1.54, 1.807) is 0 Å². The Labute approximate surface area is 180 Å². The molecule has 1 saturated carbocycles. The SMILES string of the molecule is I.O=S1(=O)CCC(CN=C(NC2CCCC2)N2CCC(C3CCOC3)C2)C1. The van der Waals surface area contributed by atoms with Crippen LogP contribution in [0.2, 0.25) is 0 Å². The van der Waals surface area contributed by atoms with Gasteiger partial charge in [-0.2, -0.15) is 0 Å². The fraction of sp³-hybridized carbons (Fsp3) is 0.947. The van der Waals surface area contributed by atoms with Crippen molar-refractivity contribution in [2.24, 2.45) is 22.7 Å². The van der Waals surface area contributed by atoms with Crippen molar-refractivity contribution in [3.63, 3.8) is 0 Å². The van der Waals surface area contributed by atoms with E-state index < -0.39 is 9.84 Å². The van der Waals surface area contributed by atoms with Crippen LogP contribution in [0.1, 0.15) is 44.9 Å². The number of guanidine groups is 1. The van der Waals surface area contributed by atoms with E-state index in [-0.39, 0.29) is 29.9 Å². The van der Waals surface area contributed by atoms with Crippen LogP contribution in [-0.2, 0) is 14.6 Å². The topological polar surface area (TPSA) is 71.0 Å². The van der Waals surface area contributed by atoms with Crippen molar-refractivity contribution >= 4 is 39.8 Å². The fourth-order valence-corrected chi connectivity index (χ4v) is 6.86. The number of hydrogen-bond donors (Lipinski definition) is 1. The first-order valence-corrected chi connectivity index (χ1v) is 12.3. The Hall–Kier alpha value is -0.0900. The van der Waals surface area contributed by atoms with Gasteiger partial charge in [-0.05, 0) is 49.9 Å². The van der Waals surface area contributed by atoms with Gasteiger partial charge in [-0.15, -0.1) is 24.0 Å². The van der Waals surface area contributed by atoms with Gasteiger partial charge in [0.15, 0.2) is 15.8 Å². The zero-order chi connectivity index (χ0) is 18.0. The predicted octanol–water partition coefficient (Wildman–Crippen LogP) is 2.29. The molecule has 4 fully saturated rings. The van der Waals surface area contributed by atoms with E-state index in [9.17, 15) is 8.42 Å². The van der Waals surface area contributed by atoms with Gasteiger partial charge in [0.25, 0.3) is 0 Å². The minimum atomic E-state index is -2.82. The number of nitrogens with zero attached hydrogens (tertiary/aromatic N) is 2. The molecule has 0 radical (unpaired) electrons. The fourth-order valence-electron chi connectivity index (χ4n) is 5.01. The molecular formula is C19H34IN3O3S. The van der Waals surface area contributed by atoms with Crippen LogP contribution in [0.3, 0.4) is 0 Å². The van der Waals surface area contributed by atoms with Crippen LogP contribution in [0.15, 0.2) is 4.99 Å². The summed E-state index contributed by atoms with van der Waals surface area (Å²) in [6, 6.07) is 0.537. The van der Waals surface area contributed by atoms with Gasteiger partial charge in [0.2, 0.25) is 0 Å². The number of halogens is 1. The summed E-state index contributed by atoms with van der Waals surface area (Å²) in [7, 11) is -2.82. The van der Waals surface area contributed by atoms with Crippen molar-refractivity contribution in [1.82, 2.24) is 10.2 Å². The molecule has 3 heterocycles. The van der Waals surface area contributed by atoms with E-state index >= 15 is 0 Å². The van der Waals surface area contributed by atoms with Gasteiger partial charge in [-0.25, -0.2) is 8.42 Å². The van der Waals surface area contributed by atoms with Crippen LogP contribution in [0, 0.1) is 17.8 Å². The van der Waals surface area contributed by atoms with E-state index in [0.29, 0.717) is 35.9 Å². The Morgan fingerprint density at radius 2 is 1.93 bits per heavy atom. The molecule has 6 nitrogen and oxygen atoms in total. The number of rotatable bonds is 4. The van der Waals surface area contributed by atoms with Crippen LogP contribution in [-0.4, -0.2) is 69.7 Å². The van der Waals surface area contributed by atoms with Gasteiger partial charge in [0.05, 0.1) is 11.5 Å². The predicted molar refractivity (Wildman–Crippen MR) is 118 cm³/mol. The van der Waals surface area contributed by atoms with Crippen molar-refractivity contribution in [1.29, 1.82) is 0 Å². The van der Waals surface area contributed by atoms with Crippen molar-refractivity contribution in [2.45, 2.75) is 51.0 Å². The van der Waals surface area contributed by atoms with E-state index in [0.717, 1.165) is 38.7 Å². The second-order valence-electron chi connectivity index (χ2n) is 8.68. The van der Waals surface area contributed by atoms with Gasteiger partial charge in [-0.1, -0.05) is 12.8 Å². The Morgan fingerprint density at radius 1 is 1.11 bits per heavy atom. The minimum absolute atomic E-state index is 0. The zero-order valence-electron chi connectivity index (χ0n) is 16.1.